The molecular weight excluding hydrogens is 460 g/mol. The van der Waals surface area contributed by atoms with Crippen molar-refractivity contribution in [2.24, 2.45) is 0 Å². The van der Waals surface area contributed by atoms with Gasteiger partial charge in [0.2, 0.25) is 0 Å². The summed E-state index contributed by atoms with van der Waals surface area (Å²) in [6, 6.07) is 16.4. The minimum absolute atomic E-state index is 0.0315. The number of aryl methyl sites for hydroxylation is 1. The van der Waals surface area contributed by atoms with Crippen molar-refractivity contribution in [2.75, 3.05) is 33.3 Å². The molecule has 0 spiro atoms. The predicted molar refractivity (Wildman–Crippen MR) is 130 cm³/mol. The zero-order valence-corrected chi connectivity index (χ0v) is 20.1. The SMILES string of the molecule is COc1cc(C(=O)N2CCN(C(=O)c3ccc(C)s3)CC2)ccc1OCc1ccc(Cl)cc1. The second kappa shape index (κ2) is 10.3. The average molecular weight is 485 g/mol. The number of rotatable bonds is 6. The van der Waals surface area contributed by atoms with Crippen LogP contribution in [0.5, 0.6) is 11.5 Å². The highest BCUT2D eigenvalue weighted by atomic mass is 35.5. The lowest BCUT2D eigenvalue weighted by molar-refractivity contribution is 0.0538. The Morgan fingerprint density at radius 2 is 1.58 bits per heavy atom. The van der Waals surface area contributed by atoms with Crippen LogP contribution in [0, 0.1) is 6.92 Å². The fourth-order valence-electron chi connectivity index (χ4n) is 3.66. The third kappa shape index (κ3) is 5.49. The van der Waals surface area contributed by atoms with Gasteiger partial charge in [0.15, 0.2) is 11.5 Å². The number of halogens is 1. The summed E-state index contributed by atoms with van der Waals surface area (Å²) in [5, 5.41) is 0.672. The van der Waals surface area contributed by atoms with E-state index in [1.54, 1.807) is 30.2 Å². The number of hydrogen-bond donors (Lipinski definition) is 0. The Labute approximate surface area is 202 Å². The van der Waals surface area contributed by atoms with Gasteiger partial charge in [-0.25, -0.2) is 0 Å². The second-order valence-corrected chi connectivity index (χ2v) is 9.50. The molecule has 0 N–H and O–H groups in total. The molecule has 0 saturated carbocycles. The molecule has 0 radical (unpaired) electrons. The fourth-order valence-corrected chi connectivity index (χ4v) is 4.62. The van der Waals surface area contributed by atoms with Gasteiger partial charge < -0.3 is 19.3 Å². The standard InChI is InChI=1S/C25H25ClN2O4S/c1-17-3-10-23(33-17)25(30)28-13-11-27(12-14-28)24(29)19-6-9-21(22(15-19)31-2)32-16-18-4-7-20(26)8-5-18/h3-10,15H,11-14,16H2,1-2H3. The van der Waals surface area contributed by atoms with Gasteiger partial charge in [0, 0.05) is 41.6 Å². The van der Waals surface area contributed by atoms with E-state index in [1.165, 1.54) is 11.3 Å². The normalized spacial score (nSPS) is 13.7. The summed E-state index contributed by atoms with van der Waals surface area (Å²) in [6.07, 6.45) is 0. The molecule has 0 atom stereocenters. The van der Waals surface area contributed by atoms with Crippen LogP contribution in [-0.2, 0) is 6.61 Å². The molecule has 6 nitrogen and oxygen atoms in total. The van der Waals surface area contributed by atoms with Crippen molar-refractivity contribution in [3.05, 3.63) is 80.5 Å². The van der Waals surface area contributed by atoms with Gasteiger partial charge in [-0.15, -0.1) is 11.3 Å². The number of amides is 2. The molecule has 2 amide bonds. The van der Waals surface area contributed by atoms with Gasteiger partial charge >= 0.3 is 0 Å². The molecule has 0 bridgehead atoms. The molecule has 2 heterocycles. The van der Waals surface area contributed by atoms with Gasteiger partial charge in [-0.1, -0.05) is 23.7 Å². The molecular formula is C25H25ClN2O4S. The number of nitrogens with zero attached hydrogens (tertiary/aromatic N) is 2. The van der Waals surface area contributed by atoms with Crippen LogP contribution in [0.1, 0.15) is 30.5 Å². The third-order valence-electron chi connectivity index (χ3n) is 5.52. The maximum Gasteiger partial charge on any atom is 0.264 e. The number of methoxy groups -OCH3 is 1. The van der Waals surface area contributed by atoms with Crippen molar-refractivity contribution in [3.8, 4) is 11.5 Å². The van der Waals surface area contributed by atoms with Crippen molar-refractivity contribution in [1.29, 1.82) is 0 Å². The van der Waals surface area contributed by atoms with Crippen molar-refractivity contribution in [3.63, 3.8) is 0 Å². The van der Waals surface area contributed by atoms with E-state index >= 15 is 0 Å². The third-order valence-corrected chi connectivity index (χ3v) is 6.76. The van der Waals surface area contributed by atoms with Gasteiger partial charge in [0.05, 0.1) is 12.0 Å². The van der Waals surface area contributed by atoms with Gasteiger partial charge in [-0.2, -0.15) is 0 Å². The molecule has 1 saturated heterocycles. The van der Waals surface area contributed by atoms with Crippen molar-refractivity contribution in [2.45, 2.75) is 13.5 Å². The summed E-state index contributed by atoms with van der Waals surface area (Å²) in [6.45, 7) is 4.36. The maximum atomic E-state index is 13.1. The van der Waals surface area contributed by atoms with Crippen LogP contribution in [-0.4, -0.2) is 54.9 Å². The van der Waals surface area contributed by atoms with Gasteiger partial charge in [0.25, 0.3) is 11.8 Å². The highest BCUT2D eigenvalue weighted by Crippen LogP contribution is 2.30. The van der Waals surface area contributed by atoms with Crippen molar-refractivity contribution < 1.29 is 19.1 Å². The van der Waals surface area contributed by atoms with E-state index in [4.69, 9.17) is 21.1 Å². The highest BCUT2D eigenvalue weighted by Gasteiger charge is 2.26. The smallest absolute Gasteiger partial charge is 0.264 e. The zero-order chi connectivity index (χ0) is 23.4. The molecule has 1 fully saturated rings. The largest absolute Gasteiger partial charge is 0.493 e. The summed E-state index contributed by atoms with van der Waals surface area (Å²) >= 11 is 7.42. The quantitative estimate of drug-likeness (QED) is 0.499. The lowest BCUT2D eigenvalue weighted by Crippen LogP contribution is -2.50. The minimum Gasteiger partial charge on any atom is -0.493 e. The molecule has 172 valence electrons. The van der Waals surface area contributed by atoms with Gasteiger partial charge in [0.1, 0.15) is 6.61 Å². The Hall–Kier alpha value is -3.03. The summed E-state index contributed by atoms with van der Waals surface area (Å²) in [4.78, 5) is 31.1. The Bertz CT molecular complexity index is 1140. The first-order valence-electron chi connectivity index (χ1n) is 10.6. The monoisotopic (exact) mass is 484 g/mol. The number of ether oxygens (including phenoxy) is 2. The number of carbonyl (C=O) groups is 2. The van der Waals surface area contributed by atoms with E-state index in [0.29, 0.717) is 54.9 Å². The zero-order valence-electron chi connectivity index (χ0n) is 18.5. The first-order valence-corrected chi connectivity index (χ1v) is 11.8. The van der Waals surface area contributed by atoms with Gasteiger partial charge in [-0.3, -0.25) is 9.59 Å². The molecule has 0 aliphatic carbocycles. The first kappa shape index (κ1) is 23.1. The molecule has 3 aromatic rings. The number of thiophene rings is 1. The molecule has 4 rings (SSSR count). The Balaban J connectivity index is 1.37. The van der Waals surface area contributed by atoms with Crippen LogP contribution in [0.2, 0.25) is 5.02 Å². The average Bonchev–Trinajstić information content (AvgIpc) is 3.29. The lowest BCUT2D eigenvalue weighted by Gasteiger charge is -2.34. The van der Waals surface area contributed by atoms with Crippen LogP contribution in [0.4, 0.5) is 0 Å². The van der Waals surface area contributed by atoms with E-state index in [2.05, 4.69) is 0 Å². The fraction of sp³-hybridized carbons (Fsp3) is 0.280. The molecule has 1 aromatic heterocycles. The number of benzene rings is 2. The molecule has 1 aliphatic heterocycles. The van der Waals surface area contributed by atoms with Crippen LogP contribution in [0.3, 0.4) is 0 Å². The second-order valence-electron chi connectivity index (χ2n) is 7.78. The Morgan fingerprint density at radius 3 is 2.18 bits per heavy atom. The van der Waals surface area contributed by atoms with Crippen molar-refractivity contribution in [1.82, 2.24) is 9.80 Å². The molecule has 8 heteroatoms. The van der Waals surface area contributed by atoms with Crippen molar-refractivity contribution >= 4 is 34.8 Å². The first-order chi connectivity index (χ1) is 15.9. The summed E-state index contributed by atoms with van der Waals surface area (Å²) in [7, 11) is 1.55. The minimum atomic E-state index is -0.0865. The highest BCUT2D eigenvalue weighted by molar-refractivity contribution is 7.13. The maximum absolute atomic E-state index is 13.1. The van der Waals surface area contributed by atoms with E-state index < -0.39 is 0 Å². The topological polar surface area (TPSA) is 59.1 Å². The van der Waals surface area contributed by atoms with E-state index in [0.717, 1.165) is 15.3 Å². The summed E-state index contributed by atoms with van der Waals surface area (Å²) < 4.78 is 11.3. The van der Waals surface area contributed by atoms with Crippen LogP contribution >= 0.6 is 22.9 Å². The van der Waals surface area contributed by atoms with E-state index in [1.807, 2.05) is 48.2 Å². The van der Waals surface area contributed by atoms with Gasteiger partial charge in [-0.05, 0) is 55.0 Å². The summed E-state index contributed by atoms with van der Waals surface area (Å²) in [5.74, 6) is 1.00. The lowest BCUT2D eigenvalue weighted by atomic mass is 10.1. The molecule has 33 heavy (non-hydrogen) atoms. The van der Waals surface area contributed by atoms with Crippen LogP contribution in [0.25, 0.3) is 0 Å². The Kier molecular flexibility index (Phi) is 7.20. The summed E-state index contributed by atoms with van der Waals surface area (Å²) in [5.41, 5.74) is 1.51. The number of carbonyl (C=O) groups excluding carboxylic acids is 2. The molecule has 1 aliphatic rings. The van der Waals surface area contributed by atoms with E-state index in [-0.39, 0.29) is 11.8 Å². The van der Waals surface area contributed by atoms with Crippen LogP contribution in [0.15, 0.2) is 54.6 Å². The Morgan fingerprint density at radius 1 is 0.909 bits per heavy atom. The molecule has 2 aromatic carbocycles. The molecule has 0 unspecified atom stereocenters. The van der Waals surface area contributed by atoms with E-state index in [9.17, 15) is 9.59 Å². The number of piperazine rings is 1. The number of hydrogen-bond acceptors (Lipinski definition) is 5. The predicted octanol–water partition coefficient (Wildman–Crippen LogP) is 4.90. The van der Waals surface area contributed by atoms with Crippen LogP contribution < -0.4 is 9.47 Å².